The van der Waals surface area contributed by atoms with E-state index in [0.29, 0.717) is 0 Å². The number of hydrogen-bond acceptors (Lipinski definition) is 0. The maximum Gasteiger partial charge on any atom is -0.0292 e. The molecule has 1 aliphatic carbocycles. The first-order chi connectivity index (χ1) is 5.70. The van der Waals surface area contributed by atoms with Gasteiger partial charge in [0.2, 0.25) is 0 Å². The lowest BCUT2D eigenvalue weighted by Gasteiger charge is -2.24. The minimum Gasteiger partial charge on any atom is -0.0856 e. The second-order valence-electron chi connectivity index (χ2n) is 3.84. The van der Waals surface area contributed by atoms with Crippen LogP contribution < -0.4 is 0 Å². The van der Waals surface area contributed by atoms with Crippen molar-refractivity contribution in [2.75, 3.05) is 0 Å². The van der Waals surface area contributed by atoms with E-state index in [2.05, 4.69) is 26.8 Å². The summed E-state index contributed by atoms with van der Waals surface area (Å²) in [4.78, 5) is 0. The van der Waals surface area contributed by atoms with E-state index in [-0.39, 0.29) is 0 Å². The highest BCUT2D eigenvalue weighted by molar-refractivity contribution is 5.03. The minimum absolute atomic E-state index is 0.878. The van der Waals surface area contributed by atoms with Crippen LogP contribution in [0, 0.1) is 11.8 Å². The summed E-state index contributed by atoms with van der Waals surface area (Å²) < 4.78 is 0. The Balaban J connectivity index is 0.000000561. The van der Waals surface area contributed by atoms with E-state index in [1.165, 1.54) is 19.3 Å². The van der Waals surface area contributed by atoms with Crippen LogP contribution in [0.2, 0.25) is 0 Å². The van der Waals surface area contributed by atoms with Crippen molar-refractivity contribution >= 4 is 0 Å². The summed E-state index contributed by atoms with van der Waals surface area (Å²) in [6.45, 7) is 10.9. The molecule has 0 spiro atoms. The van der Waals surface area contributed by atoms with Gasteiger partial charge < -0.3 is 0 Å². The van der Waals surface area contributed by atoms with Crippen LogP contribution in [0.3, 0.4) is 0 Å². The molecular weight excluding hydrogens is 144 g/mol. The predicted molar refractivity (Wildman–Crippen MR) is 57.3 cm³/mol. The van der Waals surface area contributed by atoms with Crippen LogP contribution in [0.4, 0.5) is 0 Å². The van der Waals surface area contributed by atoms with Crippen LogP contribution in [-0.2, 0) is 0 Å². The predicted octanol–water partition coefficient (Wildman–Crippen LogP) is 4.42. The van der Waals surface area contributed by atoms with E-state index < -0.39 is 0 Å². The van der Waals surface area contributed by atoms with Crippen LogP contribution in [0.25, 0.3) is 0 Å². The Morgan fingerprint density at radius 2 is 1.92 bits per heavy atom. The third-order valence-electron chi connectivity index (χ3n) is 2.56. The van der Waals surface area contributed by atoms with Crippen molar-refractivity contribution in [1.82, 2.24) is 0 Å². The normalized spacial score (nSPS) is 22.8. The lowest BCUT2D eigenvalue weighted by molar-refractivity contribution is 0.347. The molecule has 0 amide bonds. The summed E-state index contributed by atoms with van der Waals surface area (Å²) in [5, 5.41) is 0. The molecule has 12 heavy (non-hydrogen) atoms. The molecular formula is C12H24. The third-order valence-corrected chi connectivity index (χ3v) is 2.56. The van der Waals surface area contributed by atoms with Crippen molar-refractivity contribution in [2.45, 2.75) is 53.9 Å². The molecule has 0 saturated carbocycles. The fourth-order valence-corrected chi connectivity index (χ4v) is 1.71. The van der Waals surface area contributed by atoms with Gasteiger partial charge in [-0.1, -0.05) is 39.3 Å². The van der Waals surface area contributed by atoms with Gasteiger partial charge in [-0.2, -0.15) is 0 Å². The first-order valence-electron chi connectivity index (χ1n) is 5.36. The third kappa shape index (κ3) is 3.94. The van der Waals surface area contributed by atoms with E-state index in [4.69, 9.17) is 0 Å². The summed E-state index contributed by atoms with van der Waals surface area (Å²) in [7, 11) is 0. The van der Waals surface area contributed by atoms with Crippen molar-refractivity contribution in [2.24, 2.45) is 11.8 Å². The smallest absolute Gasteiger partial charge is 0.0292 e. The van der Waals surface area contributed by atoms with Gasteiger partial charge in [-0.15, -0.1) is 0 Å². The number of hydrogen-bond donors (Lipinski definition) is 0. The largest absolute Gasteiger partial charge is 0.0856 e. The van der Waals surface area contributed by atoms with Gasteiger partial charge >= 0.3 is 0 Å². The molecule has 1 unspecified atom stereocenters. The summed E-state index contributed by atoms with van der Waals surface area (Å²) in [6, 6.07) is 0. The first-order valence-corrected chi connectivity index (χ1v) is 5.36. The highest BCUT2D eigenvalue weighted by Crippen LogP contribution is 2.29. The molecule has 1 aliphatic rings. The quantitative estimate of drug-likeness (QED) is 0.509. The van der Waals surface area contributed by atoms with Gasteiger partial charge in [0.25, 0.3) is 0 Å². The average molecular weight is 168 g/mol. The lowest BCUT2D eigenvalue weighted by atomic mass is 9.82. The Bertz CT molecular complexity index is 131. The fourth-order valence-electron chi connectivity index (χ4n) is 1.71. The number of allylic oxidation sites excluding steroid dienone is 2. The lowest BCUT2D eigenvalue weighted by Crippen LogP contribution is -2.11. The van der Waals surface area contributed by atoms with Gasteiger partial charge in [0.15, 0.2) is 0 Å². The highest BCUT2D eigenvalue weighted by atomic mass is 14.2. The molecule has 0 aromatic heterocycles. The Morgan fingerprint density at radius 1 is 1.33 bits per heavy atom. The Labute approximate surface area is 78.1 Å². The van der Waals surface area contributed by atoms with Crippen molar-refractivity contribution in [3.63, 3.8) is 0 Å². The molecule has 0 nitrogen and oxygen atoms in total. The van der Waals surface area contributed by atoms with Crippen molar-refractivity contribution in [3.8, 4) is 0 Å². The Hall–Kier alpha value is -0.260. The Morgan fingerprint density at radius 3 is 2.25 bits per heavy atom. The minimum atomic E-state index is 0.878. The van der Waals surface area contributed by atoms with Crippen LogP contribution in [0.15, 0.2) is 11.6 Å². The molecule has 0 aromatic rings. The van der Waals surface area contributed by atoms with E-state index >= 15 is 0 Å². The molecule has 72 valence electrons. The zero-order chi connectivity index (χ0) is 9.56. The van der Waals surface area contributed by atoms with Gasteiger partial charge in [0.1, 0.15) is 0 Å². The summed E-state index contributed by atoms with van der Waals surface area (Å²) in [6.07, 6.45) is 6.46. The SMILES string of the molecule is CC.CC1=CCCC(C(C)C)C1. The van der Waals surface area contributed by atoms with E-state index in [9.17, 15) is 0 Å². The zero-order valence-electron chi connectivity index (χ0n) is 9.35. The summed E-state index contributed by atoms with van der Waals surface area (Å²) in [5.74, 6) is 1.84. The molecule has 1 atom stereocenters. The van der Waals surface area contributed by atoms with Crippen molar-refractivity contribution in [1.29, 1.82) is 0 Å². The maximum atomic E-state index is 2.39. The van der Waals surface area contributed by atoms with Gasteiger partial charge in [-0.25, -0.2) is 0 Å². The van der Waals surface area contributed by atoms with Gasteiger partial charge in [-0.05, 0) is 38.0 Å². The Kier molecular flexibility index (Phi) is 6.14. The summed E-state index contributed by atoms with van der Waals surface area (Å²) >= 11 is 0. The number of rotatable bonds is 1. The molecule has 0 N–H and O–H groups in total. The van der Waals surface area contributed by atoms with E-state index in [1.54, 1.807) is 5.57 Å². The standard InChI is InChI=1S/C10H18.C2H6/c1-8(2)10-6-4-5-9(3)7-10;1-2/h5,8,10H,4,6-7H2,1-3H3;1-2H3. The van der Waals surface area contributed by atoms with Crippen molar-refractivity contribution in [3.05, 3.63) is 11.6 Å². The van der Waals surface area contributed by atoms with Crippen LogP contribution in [0.1, 0.15) is 53.9 Å². The molecule has 0 heteroatoms. The van der Waals surface area contributed by atoms with Crippen molar-refractivity contribution < 1.29 is 0 Å². The maximum absolute atomic E-state index is 2.39. The second kappa shape index (κ2) is 6.28. The van der Waals surface area contributed by atoms with Gasteiger partial charge in [0, 0.05) is 0 Å². The average Bonchev–Trinajstić information content (AvgIpc) is 2.08. The zero-order valence-corrected chi connectivity index (χ0v) is 9.35. The highest BCUT2D eigenvalue weighted by Gasteiger charge is 2.15. The monoisotopic (exact) mass is 168 g/mol. The molecule has 0 fully saturated rings. The molecule has 0 radical (unpaired) electrons. The topological polar surface area (TPSA) is 0 Å². The molecule has 1 rings (SSSR count). The molecule has 0 heterocycles. The van der Waals surface area contributed by atoms with Gasteiger partial charge in [0.05, 0.1) is 0 Å². The summed E-state index contributed by atoms with van der Waals surface area (Å²) in [5.41, 5.74) is 1.60. The molecule has 0 bridgehead atoms. The molecule has 0 aromatic carbocycles. The second-order valence-corrected chi connectivity index (χ2v) is 3.84. The first kappa shape index (κ1) is 11.7. The van der Waals surface area contributed by atoms with Crippen LogP contribution in [0.5, 0.6) is 0 Å². The van der Waals surface area contributed by atoms with Crippen LogP contribution in [-0.4, -0.2) is 0 Å². The van der Waals surface area contributed by atoms with E-state index in [0.717, 1.165) is 11.8 Å². The molecule has 0 saturated heterocycles. The molecule has 0 aliphatic heterocycles. The fraction of sp³-hybridized carbons (Fsp3) is 0.833. The van der Waals surface area contributed by atoms with Crippen LogP contribution >= 0.6 is 0 Å². The van der Waals surface area contributed by atoms with Gasteiger partial charge in [-0.3, -0.25) is 0 Å². The van der Waals surface area contributed by atoms with E-state index in [1.807, 2.05) is 13.8 Å².